The molecule has 4 rings (SSSR count). The highest BCUT2D eigenvalue weighted by molar-refractivity contribution is 5.95. The lowest BCUT2D eigenvalue weighted by atomic mass is 10.0. The molecule has 158 valence electrons. The van der Waals surface area contributed by atoms with E-state index < -0.39 is 0 Å². The zero-order valence-corrected chi connectivity index (χ0v) is 17.9. The highest BCUT2D eigenvalue weighted by Crippen LogP contribution is 2.28. The predicted molar refractivity (Wildman–Crippen MR) is 116 cm³/mol. The Morgan fingerprint density at radius 1 is 1.17 bits per heavy atom. The summed E-state index contributed by atoms with van der Waals surface area (Å²) in [5, 5.41) is 8.25. The van der Waals surface area contributed by atoms with E-state index in [-0.39, 0.29) is 18.3 Å². The van der Waals surface area contributed by atoms with Crippen molar-refractivity contribution in [3.8, 4) is 11.4 Å². The van der Waals surface area contributed by atoms with Crippen molar-refractivity contribution >= 4 is 18.3 Å². The summed E-state index contributed by atoms with van der Waals surface area (Å²) in [6.45, 7) is 5.31. The third-order valence-electron chi connectivity index (χ3n) is 5.54. The quantitative estimate of drug-likeness (QED) is 0.710. The maximum Gasteiger partial charge on any atom is 0.278 e. The summed E-state index contributed by atoms with van der Waals surface area (Å²) in [6.07, 6.45) is 7.46. The van der Waals surface area contributed by atoms with Gasteiger partial charge in [0, 0.05) is 19.1 Å². The van der Waals surface area contributed by atoms with Gasteiger partial charge < -0.3 is 15.0 Å². The van der Waals surface area contributed by atoms with Crippen LogP contribution in [0.25, 0.3) is 5.69 Å². The second kappa shape index (κ2) is 10.1. The van der Waals surface area contributed by atoms with E-state index >= 15 is 0 Å². The molecule has 1 saturated heterocycles. The highest BCUT2D eigenvalue weighted by Gasteiger charge is 2.29. The molecule has 6 nitrogen and oxygen atoms in total. The van der Waals surface area contributed by atoms with E-state index in [4.69, 9.17) is 4.74 Å². The van der Waals surface area contributed by atoms with Crippen LogP contribution in [0.4, 0.5) is 0 Å². The molecule has 2 fully saturated rings. The molecule has 1 aliphatic heterocycles. The fourth-order valence-electron chi connectivity index (χ4n) is 3.63. The number of hydrogen-bond donors (Lipinski definition) is 1. The van der Waals surface area contributed by atoms with Crippen LogP contribution in [-0.2, 0) is 0 Å². The van der Waals surface area contributed by atoms with Crippen LogP contribution in [0.5, 0.6) is 5.75 Å². The molecule has 2 aromatic rings. The van der Waals surface area contributed by atoms with Crippen LogP contribution in [0.15, 0.2) is 36.5 Å². The van der Waals surface area contributed by atoms with E-state index in [9.17, 15) is 4.79 Å². The van der Waals surface area contributed by atoms with Gasteiger partial charge in [0.2, 0.25) is 0 Å². The van der Waals surface area contributed by atoms with Gasteiger partial charge in [-0.15, -0.1) is 12.4 Å². The zero-order valence-electron chi connectivity index (χ0n) is 17.0. The van der Waals surface area contributed by atoms with Gasteiger partial charge in [-0.05, 0) is 56.7 Å². The Kier molecular flexibility index (Phi) is 7.56. The average Bonchev–Trinajstić information content (AvgIpc) is 3.48. The van der Waals surface area contributed by atoms with Crippen molar-refractivity contribution in [3.05, 3.63) is 42.2 Å². The lowest BCUT2D eigenvalue weighted by Crippen LogP contribution is -2.45. The average molecular weight is 419 g/mol. The van der Waals surface area contributed by atoms with Crippen molar-refractivity contribution < 1.29 is 9.53 Å². The summed E-state index contributed by atoms with van der Waals surface area (Å²) in [5.74, 6) is 1.44. The van der Waals surface area contributed by atoms with Gasteiger partial charge >= 0.3 is 0 Å². The Hall–Kier alpha value is -2.05. The van der Waals surface area contributed by atoms with Gasteiger partial charge in [-0.1, -0.05) is 25.1 Å². The summed E-state index contributed by atoms with van der Waals surface area (Å²) in [6, 6.07) is 10.4. The third-order valence-corrected chi connectivity index (χ3v) is 5.54. The zero-order chi connectivity index (χ0) is 19.3. The highest BCUT2D eigenvalue weighted by atomic mass is 35.5. The van der Waals surface area contributed by atoms with E-state index in [2.05, 4.69) is 17.3 Å². The van der Waals surface area contributed by atoms with Gasteiger partial charge in [0.15, 0.2) is 11.4 Å². The second-order valence-electron chi connectivity index (χ2n) is 7.89. The monoisotopic (exact) mass is 418 g/mol. The Morgan fingerprint density at radius 3 is 2.55 bits per heavy atom. The molecule has 1 amide bonds. The first kappa shape index (κ1) is 21.7. The number of hydrogen-bond acceptors (Lipinski definition) is 4. The molecule has 7 heteroatoms. The Bertz CT molecular complexity index is 783. The van der Waals surface area contributed by atoms with Crippen molar-refractivity contribution in [2.45, 2.75) is 45.1 Å². The van der Waals surface area contributed by atoms with E-state index in [0.717, 1.165) is 50.5 Å². The molecular formula is C22H31ClN4O2. The third kappa shape index (κ3) is 5.52. The van der Waals surface area contributed by atoms with E-state index in [1.54, 1.807) is 4.68 Å². The summed E-state index contributed by atoms with van der Waals surface area (Å²) in [7, 11) is 0. The minimum atomic E-state index is -0.0265. The Balaban J connectivity index is 0.00000240. The first-order valence-corrected chi connectivity index (χ1v) is 10.5. The molecule has 2 aliphatic rings. The number of aromatic nitrogens is 2. The number of likely N-dealkylation sites (tertiary alicyclic amines) is 1. The number of nitrogens with one attached hydrogen (secondary N) is 1. The predicted octanol–water partition coefficient (Wildman–Crippen LogP) is 3.69. The van der Waals surface area contributed by atoms with Crippen LogP contribution in [0, 0.1) is 5.92 Å². The van der Waals surface area contributed by atoms with Crippen molar-refractivity contribution in [1.82, 2.24) is 20.0 Å². The number of benzene rings is 1. The molecule has 0 bridgehead atoms. The number of amides is 1. The molecule has 1 aliphatic carbocycles. The second-order valence-corrected chi connectivity index (χ2v) is 7.89. The molecule has 2 heterocycles. The number of para-hydroxylation sites is 1. The number of carbonyl (C=O) groups excluding carboxylic acids is 1. The number of piperidine rings is 1. The smallest absolute Gasteiger partial charge is 0.278 e. The van der Waals surface area contributed by atoms with E-state index in [1.807, 2.05) is 41.4 Å². The van der Waals surface area contributed by atoms with Gasteiger partial charge in [-0.25, -0.2) is 4.68 Å². The van der Waals surface area contributed by atoms with Crippen molar-refractivity contribution in [2.24, 2.45) is 5.92 Å². The Labute approximate surface area is 179 Å². The van der Waals surface area contributed by atoms with Gasteiger partial charge in [-0.2, -0.15) is 5.10 Å². The normalized spacial score (nSPS) is 17.1. The van der Waals surface area contributed by atoms with Crippen LogP contribution in [0.1, 0.15) is 49.5 Å². The van der Waals surface area contributed by atoms with Crippen LogP contribution in [-0.4, -0.2) is 52.9 Å². The minimum absolute atomic E-state index is 0. The number of ether oxygens (including phenoxy) is 1. The fourth-order valence-corrected chi connectivity index (χ4v) is 3.63. The molecule has 1 aromatic heterocycles. The number of nitrogens with zero attached hydrogens (tertiary/aromatic N) is 3. The van der Waals surface area contributed by atoms with Crippen LogP contribution >= 0.6 is 12.4 Å². The molecule has 1 aromatic carbocycles. The minimum Gasteiger partial charge on any atom is -0.489 e. The van der Waals surface area contributed by atoms with Crippen LogP contribution in [0.3, 0.4) is 0 Å². The van der Waals surface area contributed by atoms with Crippen molar-refractivity contribution in [1.29, 1.82) is 0 Å². The van der Waals surface area contributed by atoms with E-state index in [1.165, 1.54) is 12.8 Å². The lowest BCUT2D eigenvalue weighted by molar-refractivity contribution is 0.0694. The van der Waals surface area contributed by atoms with Crippen molar-refractivity contribution in [3.63, 3.8) is 0 Å². The maximum absolute atomic E-state index is 13.2. The van der Waals surface area contributed by atoms with Gasteiger partial charge in [0.25, 0.3) is 5.91 Å². The summed E-state index contributed by atoms with van der Waals surface area (Å²) in [5.41, 5.74) is 1.34. The summed E-state index contributed by atoms with van der Waals surface area (Å²) in [4.78, 5) is 15.1. The fraction of sp³-hybridized carbons (Fsp3) is 0.545. The molecule has 29 heavy (non-hydrogen) atoms. The van der Waals surface area contributed by atoms with Crippen molar-refractivity contribution in [2.75, 3.05) is 26.2 Å². The summed E-state index contributed by atoms with van der Waals surface area (Å²) < 4.78 is 7.59. The van der Waals surface area contributed by atoms with Gasteiger partial charge in [0.1, 0.15) is 0 Å². The van der Waals surface area contributed by atoms with Crippen LogP contribution in [0.2, 0.25) is 0 Å². The molecule has 0 radical (unpaired) electrons. The SMILES string of the molecule is CCCOc1cn(-c2ccccc2)nc1C(=O)N1CCC(NCC2CC2)CC1.Cl. The number of carbonyl (C=O) groups is 1. The molecule has 0 spiro atoms. The van der Waals surface area contributed by atoms with Crippen LogP contribution < -0.4 is 10.1 Å². The van der Waals surface area contributed by atoms with E-state index in [0.29, 0.717) is 24.1 Å². The molecule has 0 atom stereocenters. The number of halogens is 1. The number of rotatable bonds is 8. The van der Waals surface area contributed by atoms with Gasteiger partial charge in [0.05, 0.1) is 18.5 Å². The molecule has 1 N–H and O–H groups in total. The Morgan fingerprint density at radius 2 is 1.90 bits per heavy atom. The molecule has 1 saturated carbocycles. The first-order valence-electron chi connectivity index (χ1n) is 10.5. The first-order chi connectivity index (χ1) is 13.7. The largest absolute Gasteiger partial charge is 0.489 e. The molecule has 0 unspecified atom stereocenters. The summed E-state index contributed by atoms with van der Waals surface area (Å²) >= 11 is 0. The topological polar surface area (TPSA) is 59.4 Å². The lowest BCUT2D eigenvalue weighted by Gasteiger charge is -2.32. The van der Waals surface area contributed by atoms with Gasteiger partial charge in [-0.3, -0.25) is 4.79 Å². The molecular weight excluding hydrogens is 388 g/mol. The standard InChI is InChI=1S/C22H30N4O2.ClH/c1-2-14-28-20-16-26(19-6-4-3-5-7-19)24-21(20)22(27)25-12-10-18(11-13-25)23-15-17-8-9-17;/h3-7,16-18,23H,2,8-15H2,1H3;1H. The maximum atomic E-state index is 13.2.